The lowest BCUT2D eigenvalue weighted by molar-refractivity contribution is -0.0106. The monoisotopic (exact) mass is 304 g/mol. The molecule has 122 valence electrons. The van der Waals surface area contributed by atoms with Crippen molar-refractivity contribution in [2.24, 2.45) is 22.7 Å². The topological polar surface area (TPSA) is 60.7 Å². The van der Waals surface area contributed by atoms with Crippen LogP contribution in [-0.4, -0.2) is 33.6 Å². The van der Waals surface area contributed by atoms with Crippen molar-refractivity contribution < 1.29 is 15.3 Å². The quantitative estimate of drug-likeness (QED) is 0.603. The van der Waals surface area contributed by atoms with E-state index in [4.69, 9.17) is 0 Å². The van der Waals surface area contributed by atoms with E-state index in [0.717, 1.165) is 38.5 Å². The first-order valence-electron chi connectivity index (χ1n) is 8.83. The van der Waals surface area contributed by atoms with Gasteiger partial charge in [0.1, 0.15) is 0 Å². The molecule has 0 bridgehead atoms. The predicted octanol–water partition coefficient (Wildman–Crippen LogP) is 2.56. The molecule has 0 aromatic rings. The van der Waals surface area contributed by atoms with Crippen LogP contribution in [0.1, 0.15) is 52.4 Å². The van der Waals surface area contributed by atoms with Crippen LogP contribution in [0, 0.1) is 22.7 Å². The molecule has 2 fully saturated rings. The molecular formula is C19H28O3. The van der Waals surface area contributed by atoms with E-state index in [9.17, 15) is 15.3 Å². The fourth-order valence-electron chi connectivity index (χ4n) is 5.99. The van der Waals surface area contributed by atoms with Crippen LogP contribution in [-0.2, 0) is 0 Å². The second-order valence-electron chi connectivity index (χ2n) is 8.47. The van der Waals surface area contributed by atoms with Crippen molar-refractivity contribution in [3.8, 4) is 0 Å². The van der Waals surface area contributed by atoms with Gasteiger partial charge in [-0.3, -0.25) is 0 Å². The van der Waals surface area contributed by atoms with Gasteiger partial charge in [0.05, 0.1) is 18.3 Å². The maximum atomic E-state index is 10.8. The van der Waals surface area contributed by atoms with Gasteiger partial charge in [0.2, 0.25) is 0 Å². The Morgan fingerprint density at radius 2 is 1.86 bits per heavy atom. The maximum Gasteiger partial charge on any atom is 0.0758 e. The third-order valence-corrected chi connectivity index (χ3v) is 7.47. The van der Waals surface area contributed by atoms with Crippen LogP contribution in [0.3, 0.4) is 0 Å². The Balaban J connectivity index is 1.82. The van der Waals surface area contributed by atoms with E-state index in [2.05, 4.69) is 19.9 Å². The maximum absolute atomic E-state index is 10.8. The van der Waals surface area contributed by atoms with Gasteiger partial charge in [-0.1, -0.05) is 31.6 Å². The van der Waals surface area contributed by atoms with E-state index < -0.39 is 0 Å². The Hall–Kier alpha value is -0.640. The summed E-state index contributed by atoms with van der Waals surface area (Å²) in [5, 5.41) is 31.2. The number of fused-ring (bicyclic) bond motifs is 4. The number of hydrogen-bond donors (Lipinski definition) is 3. The molecule has 0 aromatic heterocycles. The summed E-state index contributed by atoms with van der Waals surface area (Å²) < 4.78 is 0. The average molecular weight is 304 g/mol. The summed E-state index contributed by atoms with van der Waals surface area (Å²) in [6.45, 7) is 4.50. The lowest BCUT2D eigenvalue weighted by atomic mass is 9.50. The third-order valence-electron chi connectivity index (χ3n) is 7.47. The van der Waals surface area contributed by atoms with Crippen LogP contribution in [0.2, 0.25) is 0 Å². The first kappa shape index (κ1) is 14.9. The molecule has 0 spiro atoms. The zero-order valence-corrected chi connectivity index (χ0v) is 13.6. The molecule has 1 unspecified atom stereocenters. The van der Waals surface area contributed by atoms with Gasteiger partial charge in [-0.15, -0.1) is 0 Å². The summed E-state index contributed by atoms with van der Waals surface area (Å²) in [4.78, 5) is 0. The van der Waals surface area contributed by atoms with Crippen LogP contribution < -0.4 is 0 Å². The molecule has 0 aromatic carbocycles. The molecular weight excluding hydrogens is 276 g/mol. The highest BCUT2D eigenvalue weighted by atomic mass is 16.3. The van der Waals surface area contributed by atoms with Crippen LogP contribution in [0.15, 0.2) is 23.3 Å². The summed E-state index contributed by atoms with van der Waals surface area (Å²) in [6.07, 6.45) is 8.52. The molecule has 0 radical (unpaired) electrons. The van der Waals surface area contributed by atoms with Crippen LogP contribution in [0.25, 0.3) is 0 Å². The largest absolute Gasteiger partial charge is 0.392 e. The number of allylic oxidation sites excluding steroid dienone is 1. The van der Waals surface area contributed by atoms with Crippen molar-refractivity contribution in [2.45, 2.75) is 70.7 Å². The van der Waals surface area contributed by atoms with Gasteiger partial charge in [0.25, 0.3) is 0 Å². The van der Waals surface area contributed by atoms with Gasteiger partial charge >= 0.3 is 0 Å². The van der Waals surface area contributed by atoms with Gasteiger partial charge in [0, 0.05) is 5.41 Å². The van der Waals surface area contributed by atoms with Crippen molar-refractivity contribution in [1.82, 2.24) is 0 Å². The number of aliphatic hydroxyl groups excluding tert-OH is 3. The first-order chi connectivity index (χ1) is 10.4. The molecule has 0 saturated heterocycles. The van der Waals surface area contributed by atoms with E-state index in [1.807, 2.05) is 6.08 Å². The second-order valence-corrected chi connectivity index (χ2v) is 8.47. The van der Waals surface area contributed by atoms with E-state index in [-0.39, 0.29) is 29.1 Å². The molecule has 0 heterocycles. The second kappa shape index (κ2) is 4.68. The van der Waals surface area contributed by atoms with Gasteiger partial charge in [-0.05, 0) is 61.3 Å². The Morgan fingerprint density at radius 1 is 1.09 bits per heavy atom. The minimum absolute atomic E-state index is 0.0513. The van der Waals surface area contributed by atoms with Crippen molar-refractivity contribution in [1.29, 1.82) is 0 Å². The highest BCUT2D eigenvalue weighted by Crippen LogP contribution is 2.62. The molecule has 3 nitrogen and oxygen atoms in total. The summed E-state index contributed by atoms with van der Waals surface area (Å²) in [5.74, 6) is 0.728. The molecule has 0 amide bonds. The molecule has 0 aliphatic heterocycles. The predicted molar refractivity (Wildman–Crippen MR) is 85.1 cm³/mol. The SMILES string of the molecule is C[C@]12CC[C@H]3C(=C1CC[C@@H]2O)[C@@H](O)CC1C[C@@H](O)C=C[C@@]13C. The number of rotatable bonds is 0. The van der Waals surface area contributed by atoms with E-state index >= 15 is 0 Å². The summed E-state index contributed by atoms with van der Waals surface area (Å²) >= 11 is 0. The van der Waals surface area contributed by atoms with Crippen LogP contribution >= 0.6 is 0 Å². The summed E-state index contributed by atoms with van der Waals surface area (Å²) in [6, 6.07) is 0. The molecule has 3 heteroatoms. The zero-order valence-electron chi connectivity index (χ0n) is 13.6. The molecule has 4 rings (SSSR count). The van der Waals surface area contributed by atoms with Gasteiger partial charge < -0.3 is 15.3 Å². The fourth-order valence-corrected chi connectivity index (χ4v) is 5.99. The van der Waals surface area contributed by atoms with Gasteiger partial charge in [-0.25, -0.2) is 0 Å². The molecule has 2 saturated carbocycles. The standard InChI is InChI=1S/C19H28O3/c1-18-7-5-12(20)9-11(18)10-15(21)17-13-3-4-16(22)19(13,2)8-6-14(17)18/h5,7,11-12,14-16,20-22H,3-4,6,8-10H2,1-2H3/t11?,12-,14-,15-,16-,18-,19-/m0/s1. The Kier molecular flexibility index (Phi) is 3.18. The van der Waals surface area contributed by atoms with Crippen molar-refractivity contribution in [3.63, 3.8) is 0 Å². The highest BCUT2D eigenvalue weighted by Gasteiger charge is 2.56. The van der Waals surface area contributed by atoms with E-state index in [1.165, 1.54) is 11.1 Å². The average Bonchev–Trinajstić information content (AvgIpc) is 2.77. The number of aliphatic hydroxyl groups is 3. The van der Waals surface area contributed by atoms with Crippen molar-refractivity contribution in [3.05, 3.63) is 23.3 Å². The summed E-state index contributed by atoms with van der Waals surface area (Å²) in [5.41, 5.74) is 2.52. The highest BCUT2D eigenvalue weighted by molar-refractivity contribution is 5.38. The van der Waals surface area contributed by atoms with Gasteiger partial charge in [-0.2, -0.15) is 0 Å². The van der Waals surface area contributed by atoms with E-state index in [0.29, 0.717) is 11.8 Å². The Morgan fingerprint density at radius 3 is 2.64 bits per heavy atom. The normalized spacial score (nSPS) is 54.0. The molecule has 7 atom stereocenters. The molecule has 4 aliphatic carbocycles. The minimum Gasteiger partial charge on any atom is -0.392 e. The third kappa shape index (κ3) is 1.79. The first-order valence-corrected chi connectivity index (χ1v) is 8.83. The van der Waals surface area contributed by atoms with Crippen LogP contribution in [0.5, 0.6) is 0 Å². The van der Waals surface area contributed by atoms with Crippen molar-refractivity contribution >= 4 is 0 Å². The lowest BCUT2D eigenvalue weighted by Crippen LogP contribution is -2.50. The van der Waals surface area contributed by atoms with E-state index in [1.54, 1.807) is 0 Å². The fraction of sp³-hybridized carbons (Fsp3) is 0.789. The minimum atomic E-state index is -0.387. The Labute approximate surface area is 132 Å². The molecule has 4 aliphatic rings. The molecule has 22 heavy (non-hydrogen) atoms. The van der Waals surface area contributed by atoms with Gasteiger partial charge in [0.15, 0.2) is 0 Å². The number of hydrogen-bond acceptors (Lipinski definition) is 3. The zero-order chi connectivity index (χ0) is 15.7. The summed E-state index contributed by atoms with van der Waals surface area (Å²) in [7, 11) is 0. The van der Waals surface area contributed by atoms with Crippen LogP contribution in [0.4, 0.5) is 0 Å². The van der Waals surface area contributed by atoms with Crippen molar-refractivity contribution in [2.75, 3.05) is 0 Å². The smallest absolute Gasteiger partial charge is 0.0758 e. The lowest BCUT2D eigenvalue weighted by Gasteiger charge is -2.55. The Bertz CT molecular complexity index is 551. The molecule has 3 N–H and O–H groups in total.